The third kappa shape index (κ3) is 13.5. The Morgan fingerprint density at radius 1 is 0.926 bits per heavy atom. The van der Waals surface area contributed by atoms with Crippen molar-refractivity contribution in [3.63, 3.8) is 0 Å². The fourth-order valence-electron chi connectivity index (χ4n) is 3.77. The minimum absolute atomic E-state index is 0.385. The van der Waals surface area contributed by atoms with Gasteiger partial charge in [0.05, 0.1) is 6.54 Å². The monoisotopic (exact) mass is 396 g/mol. The third-order valence-corrected chi connectivity index (χ3v) is 5.53. The lowest BCUT2D eigenvalue weighted by Gasteiger charge is -2.35. The van der Waals surface area contributed by atoms with Gasteiger partial charge in [-0.3, -0.25) is 4.90 Å². The Balaban J connectivity index is 0. The summed E-state index contributed by atoms with van der Waals surface area (Å²) in [7, 11) is 0. The lowest BCUT2D eigenvalue weighted by Crippen LogP contribution is -2.43. The van der Waals surface area contributed by atoms with E-state index in [0.717, 1.165) is 24.2 Å². The van der Waals surface area contributed by atoms with Gasteiger partial charge >= 0.3 is 6.18 Å². The summed E-state index contributed by atoms with van der Waals surface area (Å²) in [5.74, 6) is 3.66. The molecule has 2 aliphatic heterocycles. The van der Waals surface area contributed by atoms with Crippen molar-refractivity contribution in [3.05, 3.63) is 0 Å². The number of piperidine rings is 2. The smallest absolute Gasteiger partial charge is 0.316 e. The minimum Gasteiger partial charge on any atom is -0.316 e. The molecule has 2 nitrogen and oxygen atoms in total. The van der Waals surface area contributed by atoms with E-state index in [1.807, 2.05) is 34.6 Å². The van der Waals surface area contributed by atoms with Crippen LogP contribution in [-0.4, -0.2) is 43.8 Å². The maximum absolute atomic E-state index is 12.0. The first-order valence-corrected chi connectivity index (χ1v) is 11.1. The van der Waals surface area contributed by atoms with E-state index in [-0.39, 0.29) is 0 Å². The molecule has 4 unspecified atom stereocenters. The summed E-state index contributed by atoms with van der Waals surface area (Å²) in [6.45, 7) is 22.0. The molecular weight excluding hydrogens is 349 g/mol. The Bertz CT molecular complexity index is 332. The molecule has 0 spiro atoms. The highest BCUT2D eigenvalue weighted by atomic mass is 19.4. The molecule has 2 aliphatic rings. The van der Waals surface area contributed by atoms with E-state index >= 15 is 0 Å². The highest BCUT2D eigenvalue weighted by molar-refractivity contribution is 4.77. The Morgan fingerprint density at radius 2 is 1.48 bits per heavy atom. The Morgan fingerprint density at radius 3 is 1.85 bits per heavy atom. The second-order valence-electron chi connectivity index (χ2n) is 7.97. The average molecular weight is 397 g/mol. The molecular formula is C22H47F3N2. The molecule has 4 atom stereocenters. The number of likely N-dealkylation sites (tertiary alicyclic amines) is 1. The van der Waals surface area contributed by atoms with Gasteiger partial charge in [0.1, 0.15) is 0 Å². The molecule has 0 aliphatic carbocycles. The van der Waals surface area contributed by atoms with E-state index in [9.17, 15) is 13.2 Å². The van der Waals surface area contributed by atoms with Crippen molar-refractivity contribution >= 4 is 0 Å². The van der Waals surface area contributed by atoms with Crippen LogP contribution in [0.25, 0.3) is 0 Å². The molecule has 0 saturated carbocycles. The quantitative estimate of drug-likeness (QED) is 0.575. The Hall–Kier alpha value is -0.290. The van der Waals surface area contributed by atoms with Crippen LogP contribution >= 0.6 is 0 Å². The first-order valence-electron chi connectivity index (χ1n) is 11.1. The van der Waals surface area contributed by atoms with E-state index in [1.54, 1.807) is 0 Å². The highest BCUT2D eigenvalue weighted by Crippen LogP contribution is 2.26. The zero-order valence-electron chi connectivity index (χ0n) is 19.4. The van der Waals surface area contributed by atoms with Gasteiger partial charge < -0.3 is 5.32 Å². The molecule has 0 aromatic heterocycles. The summed E-state index contributed by atoms with van der Waals surface area (Å²) in [4.78, 5) is 1.50. The number of nitrogens with one attached hydrogen (secondary N) is 1. The van der Waals surface area contributed by atoms with Crippen molar-refractivity contribution in [2.75, 3.05) is 32.7 Å². The van der Waals surface area contributed by atoms with Crippen molar-refractivity contribution in [3.8, 4) is 0 Å². The maximum Gasteiger partial charge on any atom is 0.401 e. The first kappa shape index (κ1) is 28.9. The van der Waals surface area contributed by atoms with Crippen molar-refractivity contribution in [2.24, 2.45) is 29.6 Å². The molecule has 2 fully saturated rings. The molecule has 5 heteroatoms. The molecule has 2 heterocycles. The fraction of sp³-hybridized carbons (Fsp3) is 1.00. The van der Waals surface area contributed by atoms with Crippen LogP contribution in [0.5, 0.6) is 0 Å². The fourth-order valence-corrected chi connectivity index (χ4v) is 3.77. The van der Waals surface area contributed by atoms with Crippen LogP contribution in [0.4, 0.5) is 13.2 Å². The van der Waals surface area contributed by atoms with Crippen LogP contribution in [0.2, 0.25) is 0 Å². The molecule has 0 aromatic rings. The molecule has 166 valence electrons. The van der Waals surface area contributed by atoms with Crippen LogP contribution in [0, 0.1) is 29.6 Å². The van der Waals surface area contributed by atoms with Gasteiger partial charge in [0, 0.05) is 6.54 Å². The van der Waals surface area contributed by atoms with Gasteiger partial charge in [-0.1, -0.05) is 62.3 Å². The number of hydrogen-bond donors (Lipinski definition) is 1. The topological polar surface area (TPSA) is 15.3 Å². The van der Waals surface area contributed by atoms with Gasteiger partial charge in [-0.15, -0.1) is 0 Å². The molecule has 0 radical (unpaired) electrons. The van der Waals surface area contributed by atoms with Gasteiger partial charge in [0.25, 0.3) is 0 Å². The molecule has 2 rings (SSSR count). The number of nitrogens with zero attached hydrogens (tertiary/aromatic N) is 1. The predicted octanol–water partition coefficient (Wildman–Crippen LogP) is 6.47. The van der Waals surface area contributed by atoms with Crippen molar-refractivity contribution < 1.29 is 13.2 Å². The predicted molar refractivity (Wildman–Crippen MR) is 113 cm³/mol. The number of alkyl halides is 3. The van der Waals surface area contributed by atoms with Gasteiger partial charge in [-0.2, -0.15) is 13.2 Å². The molecule has 0 bridgehead atoms. The minimum atomic E-state index is -4.04. The molecule has 1 N–H and O–H groups in total. The summed E-state index contributed by atoms with van der Waals surface area (Å²) in [5.41, 5.74) is 0. The molecule has 27 heavy (non-hydrogen) atoms. The van der Waals surface area contributed by atoms with E-state index in [2.05, 4.69) is 33.0 Å². The lowest BCUT2D eigenvalue weighted by molar-refractivity contribution is -0.150. The highest BCUT2D eigenvalue weighted by Gasteiger charge is 2.33. The van der Waals surface area contributed by atoms with E-state index < -0.39 is 12.7 Å². The standard InChI is InChI=1S/C9H16F3N.C9H19N.2C2H6/c1-7-3-4-13(5-8(7)2)6-9(10,11)12;1-7(2)9-4-5-10-6-8(9)3;2*1-2/h7-8H,3-6H2,1-2H3;7-10H,4-6H2,1-3H3;2*1-2H3. The van der Waals surface area contributed by atoms with Crippen LogP contribution in [0.3, 0.4) is 0 Å². The van der Waals surface area contributed by atoms with Crippen LogP contribution < -0.4 is 5.32 Å². The summed E-state index contributed by atoms with van der Waals surface area (Å²) < 4.78 is 36.1. The molecule has 2 saturated heterocycles. The largest absolute Gasteiger partial charge is 0.401 e. The summed E-state index contributed by atoms with van der Waals surface area (Å²) >= 11 is 0. The van der Waals surface area contributed by atoms with E-state index in [0.29, 0.717) is 24.9 Å². The Kier molecular flexibility index (Phi) is 16.7. The summed E-state index contributed by atoms with van der Waals surface area (Å²) in [6, 6.07) is 0. The van der Waals surface area contributed by atoms with Crippen LogP contribution in [-0.2, 0) is 0 Å². The SMILES string of the molecule is CC.CC.CC(C)C1CCNCC1C.CC1CCN(CC(F)(F)F)CC1C. The average Bonchev–Trinajstić information content (AvgIpc) is 2.61. The summed E-state index contributed by atoms with van der Waals surface area (Å²) in [5, 5.41) is 3.42. The van der Waals surface area contributed by atoms with Gasteiger partial charge in [0.15, 0.2) is 0 Å². The van der Waals surface area contributed by atoms with Crippen molar-refractivity contribution in [2.45, 2.75) is 81.3 Å². The Labute approximate surface area is 167 Å². The number of halogens is 3. The maximum atomic E-state index is 12.0. The van der Waals surface area contributed by atoms with Gasteiger partial charge in [-0.05, 0) is 62.1 Å². The number of rotatable bonds is 2. The van der Waals surface area contributed by atoms with Crippen LogP contribution in [0.1, 0.15) is 75.2 Å². The molecule has 0 aromatic carbocycles. The zero-order valence-corrected chi connectivity index (χ0v) is 19.4. The van der Waals surface area contributed by atoms with E-state index in [4.69, 9.17) is 0 Å². The van der Waals surface area contributed by atoms with Crippen molar-refractivity contribution in [1.82, 2.24) is 10.2 Å². The normalized spacial score (nSPS) is 28.8. The lowest BCUT2D eigenvalue weighted by atomic mass is 9.80. The van der Waals surface area contributed by atoms with Crippen molar-refractivity contribution in [1.29, 1.82) is 0 Å². The van der Waals surface area contributed by atoms with Gasteiger partial charge in [0.2, 0.25) is 0 Å². The molecule has 0 amide bonds. The van der Waals surface area contributed by atoms with Gasteiger partial charge in [-0.25, -0.2) is 0 Å². The van der Waals surface area contributed by atoms with E-state index in [1.165, 1.54) is 24.4 Å². The summed E-state index contributed by atoms with van der Waals surface area (Å²) in [6.07, 6.45) is -1.78. The first-order chi connectivity index (χ1) is 12.6. The third-order valence-electron chi connectivity index (χ3n) is 5.53. The zero-order chi connectivity index (χ0) is 21.6. The second kappa shape index (κ2) is 15.6. The second-order valence-corrected chi connectivity index (χ2v) is 7.97. The number of hydrogen-bond acceptors (Lipinski definition) is 2. The van der Waals surface area contributed by atoms with Crippen LogP contribution in [0.15, 0.2) is 0 Å².